The number of hydrogen-bond donors (Lipinski definition) is 4. The molecule has 0 saturated heterocycles. The van der Waals surface area contributed by atoms with Crippen LogP contribution in [0.3, 0.4) is 0 Å². The number of nitriles is 1. The number of aliphatic hydroxyl groups is 2. The lowest BCUT2D eigenvalue weighted by atomic mass is 9.93. The molecule has 2 aromatic heterocycles. The van der Waals surface area contributed by atoms with E-state index in [2.05, 4.69) is 15.4 Å². The molecule has 5 atom stereocenters. The van der Waals surface area contributed by atoms with Crippen LogP contribution < -0.4 is 11.1 Å². The number of aliphatic hydroxyl groups excluding tert-OH is 2. The van der Waals surface area contributed by atoms with Crippen LogP contribution in [-0.4, -0.2) is 79.4 Å². The molecule has 0 aliphatic carbocycles. The lowest BCUT2D eigenvalue weighted by Crippen LogP contribution is -2.52. The maximum atomic E-state index is 13.1. The van der Waals surface area contributed by atoms with E-state index in [0.717, 1.165) is 13.3 Å². The third kappa shape index (κ3) is 7.77. The Morgan fingerprint density at radius 3 is 2.45 bits per heavy atom. The van der Waals surface area contributed by atoms with Crippen LogP contribution in [0.15, 0.2) is 18.5 Å². The fourth-order valence-electron chi connectivity index (χ4n) is 3.53. The number of nitrogen functional groups attached to an aromatic ring is 1. The summed E-state index contributed by atoms with van der Waals surface area (Å²) in [4.78, 5) is 40.6. The number of ether oxygens (including phenoxy) is 3. The van der Waals surface area contributed by atoms with E-state index in [1.807, 2.05) is 6.07 Å². The third-order valence-corrected chi connectivity index (χ3v) is 5.33. The molecule has 14 nitrogen and oxygen atoms in total. The fraction of sp³-hybridized carbons (Fsp3) is 0.583. The summed E-state index contributed by atoms with van der Waals surface area (Å²) in [5.74, 6) is -3.48. The highest BCUT2D eigenvalue weighted by atomic mass is 16.6. The highest BCUT2D eigenvalue weighted by molar-refractivity contribution is 5.82. The summed E-state index contributed by atoms with van der Waals surface area (Å²) in [7, 11) is 0. The number of anilines is 1. The van der Waals surface area contributed by atoms with Crippen molar-refractivity contribution >= 4 is 29.4 Å². The largest absolute Gasteiger partial charge is 0.463 e. The van der Waals surface area contributed by atoms with Crippen molar-refractivity contribution in [2.75, 3.05) is 12.3 Å². The highest BCUT2D eigenvalue weighted by Crippen LogP contribution is 2.27. The van der Waals surface area contributed by atoms with Gasteiger partial charge in [-0.1, -0.05) is 13.8 Å². The minimum Gasteiger partial charge on any atom is -0.463 e. The maximum Gasteiger partial charge on any atom is 0.408 e. The zero-order valence-corrected chi connectivity index (χ0v) is 22.1. The predicted octanol–water partition coefficient (Wildman–Crippen LogP) is 0.665. The number of nitrogens with one attached hydrogen (secondary N) is 1. The van der Waals surface area contributed by atoms with Crippen molar-refractivity contribution in [2.24, 2.45) is 5.92 Å². The van der Waals surface area contributed by atoms with Gasteiger partial charge in [0.25, 0.3) is 0 Å². The maximum absolute atomic E-state index is 13.1. The van der Waals surface area contributed by atoms with Crippen molar-refractivity contribution in [3.8, 4) is 6.07 Å². The van der Waals surface area contributed by atoms with E-state index >= 15 is 0 Å². The number of nitrogens with two attached hydrogens (primary N) is 1. The van der Waals surface area contributed by atoms with Gasteiger partial charge in [-0.2, -0.15) is 10.4 Å². The Balaban J connectivity index is 2.39. The zero-order valence-electron chi connectivity index (χ0n) is 22.1. The van der Waals surface area contributed by atoms with Crippen molar-refractivity contribution < 1.29 is 38.8 Å². The van der Waals surface area contributed by atoms with E-state index in [1.54, 1.807) is 34.6 Å². The van der Waals surface area contributed by atoms with Gasteiger partial charge in [0.15, 0.2) is 11.9 Å². The molecule has 38 heavy (non-hydrogen) atoms. The van der Waals surface area contributed by atoms with E-state index in [9.17, 15) is 29.9 Å². The molecule has 2 aromatic rings. The van der Waals surface area contributed by atoms with Gasteiger partial charge in [-0.3, -0.25) is 4.79 Å². The molecular formula is C24H34N6O8. The lowest BCUT2D eigenvalue weighted by Gasteiger charge is -2.32. The summed E-state index contributed by atoms with van der Waals surface area (Å²) >= 11 is 0. The van der Waals surface area contributed by atoms with Gasteiger partial charge in [0.1, 0.15) is 48.2 Å². The normalized spacial score (nSPS) is 15.6. The SMILES string of the molecule is CC(=O)OC[C@@H](O)[C@@H](OC(=O)[C@@H](NC(=O)OC(C)(C)C)C(C)C)[C@H](O)[C@@H](C#N)c1ccc2c(N)ncnn12. The van der Waals surface area contributed by atoms with Gasteiger partial charge in [-0.15, -0.1) is 0 Å². The second kappa shape index (κ2) is 12.5. The number of amides is 1. The number of hydrogen-bond acceptors (Lipinski definition) is 12. The number of alkyl carbamates (subject to hydrolysis) is 1. The quantitative estimate of drug-likeness (QED) is 0.245. The Labute approximate surface area is 219 Å². The molecule has 0 aliphatic heterocycles. The molecule has 0 radical (unpaired) electrons. The Morgan fingerprint density at radius 2 is 1.89 bits per heavy atom. The number of fused-ring (bicyclic) bond motifs is 1. The zero-order chi connectivity index (χ0) is 28.8. The van der Waals surface area contributed by atoms with Crippen molar-refractivity contribution in [1.29, 1.82) is 5.26 Å². The number of rotatable bonds is 10. The van der Waals surface area contributed by atoms with Gasteiger partial charge < -0.3 is 35.5 Å². The van der Waals surface area contributed by atoms with Gasteiger partial charge in [-0.25, -0.2) is 19.1 Å². The van der Waals surface area contributed by atoms with Gasteiger partial charge in [0, 0.05) is 6.92 Å². The van der Waals surface area contributed by atoms with Crippen LogP contribution >= 0.6 is 0 Å². The topological polar surface area (TPSA) is 211 Å². The minimum absolute atomic E-state index is 0.128. The van der Waals surface area contributed by atoms with Crippen LogP contribution in [0.25, 0.3) is 5.52 Å². The average molecular weight is 535 g/mol. The average Bonchev–Trinajstić information content (AvgIpc) is 3.23. The van der Waals surface area contributed by atoms with Crippen LogP contribution in [0.1, 0.15) is 53.2 Å². The molecule has 0 spiro atoms. The molecule has 0 saturated carbocycles. The summed E-state index contributed by atoms with van der Waals surface area (Å²) in [6.07, 6.45) is -5.02. The molecule has 0 fully saturated rings. The number of carbonyl (C=O) groups excluding carboxylic acids is 3. The Morgan fingerprint density at radius 1 is 1.24 bits per heavy atom. The van der Waals surface area contributed by atoms with Crippen molar-refractivity contribution in [3.63, 3.8) is 0 Å². The van der Waals surface area contributed by atoms with E-state index in [-0.39, 0.29) is 11.5 Å². The highest BCUT2D eigenvalue weighted by Gasteiger charge is 2.41. The van der Waals surface area contributed by atoms with Crippen LogP contribution in [-0.2, 0) is 23.8 Å². The lowest BCUT2D eigenvalue weighted by molar-refractivity contribution is -0.174. The van der Waals surface area contributed by atoms with Gasteiger partial charge in [-0.05, 0) is 38.8 Å². The van der Waals surface area contributed by atoms with Crippen LogP contribution in [0.5, 0.6) is 0 Å². The van der Waals surface area contributed by atoms with Crippen LogP contribution in [0.4, 0.5) is 10.6 Å². The summed E-state index contributed by atoms with van der Waals surface area (Å²) in [5, 5.41) is 38.4. The molecule has 0 bridgehead atoms. The molecule has 2 heterocycles. The predicted molar refractivity (Wildman–Crippen MR) is 132 cm³/mol. The summed E-state index contributed by atoms with van der Waals surface area (Å²) in [6.45, 7) is 8.70. The molecule has 208 valence electrons. The second-order valence-corrected chi connectivity index (χ2v) is 9.94. The first-order valence-corrected chi connectivity index (χ1v) is 11.8. The van der Waals surface area contributed by atoms with E-state index in [1.165, 1.54) is 16.6 Å². The Hall–Kier alpha value is -3.96. The number of nitrogens with zero attached hydrogens (tertiary/aromatic N) is 4. The molecule has 2 rings (SSSR count). The van der Waals surface area contributed by atoms with E-state index in [0.29, 0.717) is 5.52 Å². The van der Waals surface area contributed by atoms with Gasteiger partial charge >= 0.3 is 18.0 Å². The summed E-state index contributed by atoms with van der Waals surface area (Å²) < 4.78 is 16.8. The Kier molecular flexibility index (Phi) is 9.97. The monoisotopic (exact) mass is 534 g/mol. The molecule has 0 aromatic carbocycles. The second-order valence-electron chi connectivity index (χ2n) is 9.94. The molecule has 5 N–H and O–H groups in total. The van der Waals surface area contributed by atoms with E-state index in [4.69, 9.17) is 19.9 Å². The Bertz CT molecular complexity index is 1180. The first-order valence-electron chi connectivity index (χ1n) is 11.8. The van der Waals surface area contributed by atoms with Gasteiger partial charge in [0.2, 0.25) is 0 Å². The van der Waals surface area contributed by atoms with Crippen LogP contribution in [0, 0.1) is 17.2 Å². The molecular weight excluding hydrogens is 500 g/mol. The van der Waals surface area contributed by atoms with Crippen molar-refractivity contribution in [2.45, 2.75) is 77.4 Å². The fourth-order valence-corrected chi connectivity index (χ4v) is 3.53. The number of aromatic nitrogens is 3. The first-order chi connectivity index (χ1) is 17.7. The van der Waals surface area contributed by atoms with Gasteiger partial charge in [0.05, 0.1) is 11.8 Å². The summed E-state index contributed by atoms with van der Waals surface area (Å²) in [5.41, 5.74) is 5.56. The number of esters is 2. The molecule has 14 heteroatoms. The first kappa shape index (κ1) is 30.3. The van der Waals surface area contributed by atoms with Crippen molar-refractivity contribution in [1.82, 2.24) is 19.9 Å². The molecule has 1 amide bonds. The van der Waals surface area contributed by atoms with Crippen LogP contribution in [0.2, 0.25) is 0 Å². The molecule has 0 unspecified atom stereocenters. The number of carbonyl (C=O) groups is 3. The summed E-state index contributed by atoms with van der Waals surface area (Å²) in [6, 6.07) is 3.71. The smallest absolute Gasteiger partial charge is 0.408 e. The third-order valence-electron chi connectivity index (χ3n) is 5.33. The molecule has 0 aliphatic rings. The van der Waals surface area contributed by atoms with E-state index < -0.39 is 66.4 Å². The minimum atomic E-state index is -1.82. The van der Waals surface area contributed by atoms with Crippen molar-refractivity contribution in [3.05, 3.63) is 24.2 Å². The standard InChI is InChI=1S/C24H34N6O8/c1-12(2)18(29-23(35)38-24(4,5)6)22(34)37-20(17(32)10-36-13(3)31)19(33)14(9-25)15-7-8-16-21(26)27-11-28-30(15)16/h7-8,11-12,14,17-20,32-33H,10H2,1-6H3,(H,29,35)(H2,26,27,28)/t14-,17+,18-,19+,20+/m0/s1.